The van der Waals surface area contributed by atoms with E-state index in [2.05, 4.69) is 13.0 Å². The molecular weight excluding hydrogens is 440 g/mol. The molecule has 2 aromatic carbocycles. The molecule has 3 rings (SSSR count). The lowest BCUT2D eigenvalue weighted by molar-refractivity contribution is -0.133. The number of amides is 2. The van der Waals surface area contributed by atoms with Crippen molar-refractivity contribution < 1.29 is 9.59 Å². The molecule has 1 unspecified atom stereocenters. The molecule has 0 N–H and O–H groups in total. The van der Waals surface area contributed by atoms with Crippen LogP contribution in [0.2, 0.25) is 5.02 Å². The van der Waals surface area contributed by atoms with Gasteiger partial charge in [0, 0.05) is 28.0 Å². The molecule has 3 aromatic rings. The molecule has 0 aliphatic heterocycles. The van der Waals surface area contributed by atoms with Gasteiger partial charge in [-0.05, 0) is 67.1 Å². The van der Waals surface area contributed by atoms with Gasteiger partial charge in [-0.2, -0.15) is 0 Å². The average Bonchev–Trinajstić information content (AvgIpc) is 3.21. The van der Waals surface area contributed by atoms with Crippen LogP contribution in [0, 0.1) is 6.92 Å². The van der Waals surface area contributed by atoms with E-state index in [4.69, 9.17) is 11.6 Å². The maximum Gasteiger partial charge on any atom is 0.254 e. The van der Waals surface area contributed by atoms with Gasteiger partial charge in [-0.1, -0.05) is 48.9 Å². The zero-order chi connectivity index (χ0) is 23.1. The highest BCUT2D eigenvalue weighted by Gasteiger charge is 2.26. The first kappa shape index (κ1) is 24.0. The molecule has 0 aliphatic carbocycles. The highest BCUT2D eigenvalue weighted by Crippen LogP contribution is 2.21. The summed E-state index contributed by atoms with van der Waals surface area (Å²) in [5.41, 5.74) is 2.78. The van der Waals surface area contributed by atoms with Crippen LogP contribution >= 0.6 is 22.9 Å². The van der Waals surface area contributed by atoms with Gasteiger partial charge in [0.2, 0.25) is 5.91 Å². The Morgan fingerprint density at radius 2 is 1.69 bits per heavy atom. The molecule has 0 saturated heterocycles. The van der Waals surface area contributed by atoms with Crippen molar-refractivity contribution in [2.75, 3.05) is 6.54 Å². The highest BCUT2D eigenvalue weighted by molar-refractivity contribution is 7.10. The van der Waals surface area contributed by atoms with Crippen molar-refractivity contribution in [1.82, 2.24) is 9.80 Å². The number of hydrogen-bond donors (Lipinski definition) is 0. The molecule has 0 radical (unpaired) electrons. The lowest BCUT2D eigenvalue weighted by Crippen LogP contribution is -2.46. The van der Waals surface area contributed by atoms with Crippen molar-refractivity contribution in [2.45, 2.75) is 46.3 Å². The smallest absolute Gasteiger partial charge is 0.254 e. The molecule has 2 amide bonds. The Balaban J connectivity index is 1.84. The monoisotopic (exact) mass is 468 g/mol. The van der Waals surface area contributed by atoms with Crippen molar-refractivity contribution in [1.29, 1.82) is 0 Å². The van der Waals surface area contributed by atoms with E-state index in [1.54, 1.807) is 40.5 Å². The molecule has 1 atom stereocenters. The van der Waals surface area contributed by atoms with E-state index in [0.29, 0.717) is 23.7 Å². The largest absolute Gasteiger partial charge is 0.332 e. The fourth-order valence-electron chi connectivity index (χ4n) is 3.43. The highest BCUT2D eigenvalue weighted by atomic mass is 35.5. The maximum atomic E-state index is 13.5. The third-order valence-corrected chi connectivity index (χ3v) is 6.91. The molecule has 4 nitrogen and oxygen atoms in total. The molecule has 168 valence electrons. The van der Waals surface area contributed by atoms with Crippen LogP contribution in [0.15, 0.2) is 66.0 Å². The standard InChI is InChI=1S/C26H29ClN2O2S/c1-4-20(3)29(26(31)22-10-12-23(27)13-11-22)18-25(30)28(16-21-8-6-5-7-9-21)17-24-19(2)14-15-32-24/h5-15,20H,4,16-18H2,1-3H3. The van der Waals surface area contributed by atoms with Crippen molar-refractivity contribution in [3.05, 3.63) is 92.6 Å². The van der Waals surface area contributed by atoms with Crippen molar-refractivity contribution in [2.24, 2.45) is 0 Å². The van der Waals surface area contributed by atoms with E-state index in [1.165, 1.54) is 5.56 Å². The number of hydrogen-bond acceptors (Lipinski definition) is 3. The molecule has 0 fully saturated rings. The van der Waals surface area contributed by atoms with Gasteiger partial charge in [0.1, 0.15) is 6.54 Å². The quantitative estimate of drug-likeness (QED) is 0.376. The van der Waals surface area contributed by atoms with Gasteiger partial charge in [0.05, 0.1) is 6.54 Å². The maximum absolute atomic E-state index is 13.5. The van der Waals surface area contributed by atoms with Crippen LogP contribution in [-0.4, -0.2) is 34.2 Å². The van der Waals surface area contributed by atoms with E-state index >= 15 is 0 Å². The molecule has 1 heterocycles. The van der Waals surface area contributed by atoms with Gasteiger partial charge in [0.15, 0.2) is 0 Å². The molecule has 0 aliphatic rings. The zero-order valence-electron chi connectivity index (χ0n) is 18.8. The van der Waals surface area contributed by atoms with Crippen molar-refractivity contribution >= 4 is 34.8 Å². The summed E-state index contributed by atoms with van der Waals surface area (Å²) in [6.45, 7) is 7.13. The van der Waals surface area contributed by atoms with Crippen molar-refractivity contribution in [3.8, 4) is 0 Å². The number of rotatable bonds is 9. The van der Waals surface area contributed by atoms with Gasteiger partial charge in [-0.25, -0.2) is 0 Å². The number of carbonyl (C=O) groups excluding carboxylic acids is 2. The lowest BCUT2D eigenvalue weighted by atomic mass is 10.1. The van der Waals surface area contributed by atoms with Crippen LogP contribution in [0.1, 0.15) is 46.6 Å². The molecule has 0 spiro atoms. The predicted molar refractivity (Wildman–Crippen MR) is 132 cm³/mol. The van der Waals surface area contributed by atoms with Crippen LogP contribution in [0.25, 0.3) is 0 Å². The van der Waals surface area contributed by atoms with Gasteiger partial charge < -0.3 is 9.80 Å². The second kappa shape index (κ2) is 11.3. The van der Waals surface area contributed by atoms with Crippen LogP contribution in [0.4, 0.5) is 0 Å². The zero-order valence-corrected chi connectivity index (χ0v) is 20.3. The summed E-state index contributed by atoms with van der Waals surface area (Å²) in [7, 11) is 0. The normalized spacial score (nSPS) is 11.8. The van der Waals surface area contributed by atoms with Gasteiger partial charge in [-0.15, -0.1) is 11.3 Å². The first-order valence-corrected chi connectivity index (χ1v) is 12.1. The fourth-order valence-corrected chi connectivity index (χ4v) is 4.47. The Bertz CT molecular complexity index is 1030. The molecule has 0 saturated carbocycles. The Kier molecular flexibility index (Phi) is 8.48. The van der Waals surface area contributed by atoms with Crippen LogP contribution < -0.4 is 0 Å². The van der Waals surface area contributed by atoms with Crippen molar-refractivity contribution in [3.63, 3.8) is 0 Å². The molecule has 1 aromatic heterocycles. The van der Waals surface area contributed by atoms with E-state index in [0.717, 1.165) is 16.9 Å². The minimum atomic E-state index is -0.156. The summed E-state index contributed by atoms with van der Waals surface area (Å²) in [6, 6.07) is 18.8. The summed E-state index contributed by atoms with van der Waals surface area (Å²) in [4.78, 5) is 31.5. The summed E-state index contributed by atoms with van der Waals surface area (Å²) in [5, 5.41) is 2.62. The first-order chi connectivity index (χ1) is 15.4. The van der Waals surface area contributed by atoms with E-state index < -0.39 is 0 Å². The molecular formula is C26H29ClN2O2S. The Morgan fingerprint density at radius 3 is 2.28 bits per heavy atom. The minimum Gasteiger partial charge on any atom is -0.332 e. The second-order valence-electron chi connectivity index (χ2n) is 7.96. The van der Waals surface area contributed by atoms with Crippen LogP contribution in [-0.2, 0) is 17.9 Å². The molecule has 0 bridgehead atoms. The number of benzene rings is 2. The number of aryl methyl sites for hydroxylation is 1. The molecule has 32 heavy (non-hydrogen) atoms. The minimum absolute atomic E-state index is 0.0354. The van der Waals surface area contributed by atoms with Crippen LogP contribution in [0.3, 0.4) is 0 Å². The first-order valence-electron chi connectivity index (χ1n) is 10.8. The van der Waals surface area contributed by atoms with Gasteiger partial charge in [0.25, 0.3) is 5.91 Å². The number of nitrogens with zero attached hydrogens (tertiary/aromatic N) is 2. The predicted octanol–water partition coefficient (Wildman–Crippen LogP) is 6.18. The number of halogens is 1. The SMILES string of the molecule is CCC(C)N(CC(=O)N(Cc1ccccc1)Cc1sccc1C)C(=O)c1ccc(Cl)cc1. The Labute approximate surface area is 199 Å². The molecule has 6 heteroatoms. The summed E-state index contributed by atoms with van der Waals surface area (Å²) in [5.74, 6) is -0.222. The van der Waals surface area contributed by atoms with Gasteiger partial charge in [-0.3, -0.25) is 9.59 Å². The van der Waals surface area contributed by atoms with E-state index in [9.17, 15) is 9.59 Å². The third kappa shape index (κ3) is 6.21. The van der Waals surface area contributed by atoms with E-state index in [1.807, 2.05) is 54.5 Å². The third-order valence-electron chi connectivity index (χ3n) is 5.65. The number of carbonyl (C=O) groups is 2. The lowest BCUT2D eigenvalue weighted by Gasteiger charge is -2.31. The number of thiophene rings is 1. The average molecular weight is 469 g/mol. The van der Waals surface area contributed by atoms with E-state index in [-0.39, 0.29) is 24.4 Å². The van der Waals surface area contributed by atoms with Gasteiger partial charge >= 0.3 is 0 Å². The van der Waals surface area contributed by atoms with Crippen LogP contribution in [0.5, 0.6) is 0 Å². The summed E-state index contributed by atoms with van der Waals surface area (Å²) in [6.07, 6.45) is 0.759. The Morgan fingerprint density at radius 1 is 1.00 bits per heavy atom. The summed E-state index contributed by atoms with van der Waals surface area (Å²) >= 11 is 7.64. The second-order valence-corrected chi connectivity index (χ2v) is 9.40. The fraction of sp³-hybridized carbons (Fsp3) is 0.308. The topological polar surface area (TPSA) is 40.6 Å². The Hall–Kier alpha value is -2.63. The summed E-state index contributed by atoms with van der Waals surface area (Å²) < 4.78 is 0.